The van der Waals surface area contributed by atoms with Crippen molar-refractivity contribution in [1.82, 2.24) is 0 Å². The van der Waals surface area contributed by atoms with Crippen LogP contribution in [0.25, 0.3) is 6.08 Å². The Morgan fingerprint density at radius 1 is 1.14 bits per heavy atom. The lowest BCUT2D eigenvalue weighted by molar-refractivity contribution is 0.0599. The Morgan fingerprint density at radius 2 is 1.82 bits per heavy atom. The Balaban J connectivity index is 2.17. The normalized spacial score (nSPS) is 10.3. The van der Waals surface area contributed by atoms with Gasteiger partial charge in [0.2, 0.25) is 0 Å². The topological polar surface area (TPSA) is 26.3 Å². The molecule has 0 aromatic heterocycles. The van der Waals surface area contributed by atoms with Gasteiger partial charge in [0, 0.05) is 5.33 Å². The third-order valence-electron chi connectivity index (χ3n) is 3.63. The molecule has 2 aromatic rings. The van der Waals surface area contributed by atoms with Gasteiger partial charge in [0.25, 0.3) is 0 Å². The van der Waals surface area contributed by atoms with Crippen LogP contribution in [-0.4, -0.2) is 13.1 Å². The summed E-state index contributed by atoms with van der Waals surface area (Å²) in [5, 5.41) is 0.723. The molecule has 0 heterocycles. The summed E-state index contributed by atoms with van der Waals surface area (Å²) in [5.41, 5.74) is 5.10. The zero-order valence-electron chi connectivity index (χ0n) is 12.6. The van der Waals surface area contributed by atoms with Crippen LogP contribution in [0.3, 0.4) is 0 Å². The number of benzene rings is 2. The molecule has 2 rings (SSSR count). The van der Waals surface area contributed by atoms with E-state index in [1.54, 1.807) is 0 Å². The van der Waals surface area contributed by atoms with Gasteiger partial charge in [-0.15, -0.1) is 0 Å². The highest BCUT2D eigenvalue weighted by molar-refractivity contribution is 9.08. The molecule has 0 bridgehead atoms. The number of aryl methyl sites for hydroxylation is 2. The molecule has 0 aliphatic carbocycles. The van der Waals surface area contributed by atoms with E-state index in [4.69, 9.17) is 4.74 Å². The summed E-state index contributed by atoms with van der Waals surface area (Å²) in [6.07, 6.45) is 3.52. The lowest BCUT2D eigenvalue weighted by Gasteiger charge is -2.10. The van der Waals surface area contributed by atoms with E-state index in [1.807, 2.05) is 24.3 Å². The van der Waals surface area contributed by atoms with E-state index in [1.165, 1.54) is 12.7 Å². The van der Waals surface area contributed by atoms with E-state index in [9.17, 15) is 4.79 Å². The maximum atomic E-state index is 11.9. The van der Waals surface area contributed by atoms with Crippen molar-refractivity contribution in [2.75, 3.05) is 7.11 Å². The molecular formula is C19H19BrO2. The Morgan fingerprint density at radius 3 is 2.41 bits per heavy atom. The second-order valence-corrected chi connectivity index (χ2v) is 5.62. The Bertz CT molecular complexity index is 660. The summed E-state index contributed by atoms with van der Waals surface area (Å²) in [6, 6.07) is 14.3. The molecule has 0 atom stereocenters. The monoisotopic (exact) mass is 358 g/mol. The predicted molar refractivity (Wildman–Crippen MR) is 94.4 cm³/mol. The molecule has 114 valence electrons. The molecule has 2 aromatic carbocycles. The smallest absolute Gasteiger partial charge is 0.338 e. The summed E-state index contributed by atoms with van der Waals surface area (Å²) in [7, 11) is 1.42. The van der Waals surface area contributed by atoms with Gasteiger partial charge in [0.1, 0.15) is 0 Å². The first kappa shape index (κ1) is 16.5. The summed E-state index contributed by atoms with van der Waals surface area (Å²) in [6.45, 7) is 3.76. The first-order valence-electron chi connectivity index (χ1n) is 7.15. The molecule has 0 unspecified atom stereocenters. The van der Waals surface area contributed by atoms with Crippen molar-refractivity contribution in [1.29, 1.82) is 0 Å². The molecule has 0 amide bonds. The number of hydrogen-bond donors (Lipinski definition) is 0. The fourth-order valence-electron chi connectivity index (χ4n) is 2.32. The second kappa shape index (κ2) is 7.95. The number of carbonyl (C=O) groups excluding carboxylic acids is 1. The predicted octanol–water partition coefficient (Wildman–Crippen LogP) is 4.80. The summed E-state index contributed by atoms with van der Waals surface area (Å²) in [4.78, 5) is 11.9. The SMILES string of the molecule is C=Cc1ccc(CCc2ccc(CBr)cc2C(=O)OC)cc1. The van der Waals surface area contributed by atoms with Crippen LogP contribution >= 0.6 is 15.9 Å². The molecule has 0 aliphatic heterocycles. The minimum atomic E-state index is -0.278. The number of halogens is 1. The Kier molecular flexibility index (Phi) is 5.96. The van der Waals surface area contributed by atoms with Crippen molar-refractivity contribution in [3.8, 4) is 0 Å². The molecule has 2 nitrogen and oxygen atoms in total. The van der Waals surface area contributed by atoms with Crippen molar-refractivity contribution in [2.45, 2.75) is 18.2 Å². The average molecular weight is 359 g/mol. The quantitative estimate of drug-likeness (QED) is 0.547. The average Bonchev–Trinajstić information content (AvgIpc) is 2.59. The fourth-order valence-corrected chi connectivity index (χ4v) is 2.67. The Hall–Kier alpha value is -1.87. The minimum Gasteiger partial charge on any atom is -0.465 e. The molecule has 22 heavy (non-hydrogen) atoms. The van der Waals surface area contributed by atoms with Crippen LogP contribution in [0, 0.1) is 0 Å². The standard InChI is InChI=1S/C19H19BrO2/c1-3-14-4-6-15(7-5-14)8-10-17-11-9-16(13-20)12-18(17)19(21)22-2/h3-7,9,11-12H,1,8,10,13H2,2H3. The fraction of sp³-hybridized carbons (Fsp3) is 0.211. The number of rotatable bonds is 6. The van der Waals surface area contributed by atoms with E-state index < -0.39 is 0 Å². The second-order valence-electron chi connectivity index (χ2n) is 5.06. The van der Waals surface area contributed by atoms with Crippen LogP contribution in [0.5, 0.6) is 0 Å². The minimum absolute atomic E-state index is 0.278. The molecule has 3 heteroatoms. The number of ether oxygens (including phenoxy) is 1. The number of carbonyl (C=O) groups is 1. The van der Waals surface area contributed by atoms with E-state index in [2.05, 4.69) is 46.8 Å². The van der Waals surface area contributed by atoms with Gasteiger partial charge in [0.15, 0.2) is 0 Å². The molecular weight excluding hydrogens is 340 g/mol. The lowest BCUT2D eigenvalue weighted by Crippen LogP contribution is -2.07. The van der Waals surface area contributed by atoms with Crippen molar-refractivity contribution < 1.29 is 9.53 Å². The number of methoxy groups -OCH3 is 1. The zero-order chi connectivity index (χ0) is 15.9. The maximum Gasteiger partial charge on any atom is 0.338 e. The molecule has 0 saturated carbocycles. The highest BCUT2D eigenvalue weighted by Gasteiger charge is 2.12. The van der Waals surface area contributed by atoms with E-state index in [0.717, 1.165) is 34.9 Å². The highest BCUT2D eigenvalue weighted by atomic mass is 79.9. The van der Waals surface area contributed by atoms with Gasteiger partial charge in [-0.3, -0.25) is 0 Å². The van der Waals surface area contributed by atoms with Crippen LogP contribution in [0.1, 0.15) is 32.6 Å². The third kappa shape index (κ3) is 4.08. The van der Waals surface area contributed by atoms with E-state index in [0.29, 0.717) is 5.56 Å². The first-order chi connectivity index (χ1) is 10.7. The summed E-state index contributed by atoms with van der Waals surface area (Å²) >= 11 is 3.42. The molecule has 0 aliphatic rings. The summed E-state index contributed by atoms with van der Waals surface area (Å²) < 4.78 is 4.89. The summed E-state index contributed by atoms with van der Waals surface area (Å²) in [5.74, 6) is -0.278. The van der Waals surface area contributed by atoms with Crippen molar-refractivity contribution in [3.05, 3.63) is 76.9 Å². The van der Waals surface area contributed by atoms with Gasteiger partial charge < -0.3 is 4.74 Å². The van der Waals surface area contributed by atoms with Gasteiger partial charge in [-0.05, 0) is 41.2 Å². The van der Waals surface area contributed by atoms with Crippen LogP contribution in [0.2, 0.25) is 0 Å². The molecule has 0 radical (unpaired) electrons. The van der Waals surface area contributed by atoms with Gasteiger partial charge in [-0.2, -0.15) is 0 Å². The third-order valence-corrected chi connectivity index (χ3v) is 4.28. The van der Waals surface area contributed by atoms with E-state index in [-0.39, 0.29) is 5.97 Å². The van der Waals surface area contributed by atoms with Crippen LogP contribution in [0.15, 0.2) is 49.0 Å². The molecule has 0 saturated heterocycles. The number of esters is 1. The maximum absolute atomic E-state index is 11.9. The van der Waals surface area contributed by atoms with Gasteiger partial charge in [-0.1, -0.05) is 65.0 Å². The van der Waals surface area contributed by atoms with Crippen LogP contribution in [-0.2, 0) is 22.9 Å². The molecule has 0 spiro atoms. The van der Waals surface area contributed by atoms with Crippen molar-refractivity contribution in [3.63, 3.8) is 0 Å². The highest BCUT2D eigenvalue weighted by Crippen LogP contribution is 2.18. The first-order valence-corrected chi connectivity index (χ1v) is 8.27. The zero-order valence-corrected chi connectivity index (χ0v) is 14.2. The van der Waals surface area contributed by atoms with Gasteiger partial charge in [-0.25, -0.2) is 4.79 Å². The Labute approximate surface area is 139 Å². The van der Waals surface area contributed by atoms with Crippen molar-refractivity contribution >= 4 is 28.0 Å². The molecule has 0 fully saturated rings. The molecule has 0 N–H and O–H groups in total. The van der Waals surface area contributed by atoms with Gasteiger partial charge in [0.05, 0.1) is 12.7 Å². The number of hydrogen-bond acceptors (Lipinski definition) is 2. The van der Waals surface area contributed by atoms with Crippen molar-refractivity contribution in [2.24, 2.45) is 0 Å². The van der Waals surface area contributed by atoms with Gasteiger partial charge >= 0.3 is 5.97 Å². The van der Waals surface area contributed by atoms with E-state index >= 15 is 0 Å². The largest absolute Gasteiger partial charge is 0.465 e. The van der Waals surface area contributed by atoms with Crippen LogP contribution in [0.4, 0.5) is 0 Å². The lowest BCUT2D eigenvalue weighted by atomic mass is 9.97. The number of alkyl halides is 1. The van der Waals surface area contributed by atoms with Crippen LogP contribution < -0.4 is 0 Å².